The van der Waals surface area contributed by atoms with E-state index in [4.69, 9.17) is 14.0 Å². The van der Waals surface area contributed by atoms with Gasteiger partial charge in [0.25, 0.3) is 0 Å². The number of aromatic nitrogens is 1. The molecule has 1 amide bonds. The fourth-order valence-electron chi connectivity index (χ4n) is 3.06. The Morgan fingerprint density at radius 3 is 2.45 bits per heavy atom. The van der Waals surface area contributed by atoms with E-state index in [0.29, 0.717) is 0 Å². The minimum atomic E-state index is -0.558. The average Bonchev–Trinajstić information content (AvgIpc) is 3.11. The van der Waals surface area contributed by atoms with Crippen molar-refractivity contribution >= 4 is 30.2 Å². The van der Waals surface area contributed by atoms with E-state index in [0.717, 1.165) is 21.9 Å². The summed E-state index contributed by atoms with van der Waals surface area (Å²) in [7, 11) is -0.558. The third kappa shape index (κ3) is 5.03. The van der Waals surface area contributed by atoms with E-state index in [9.17, 15) is 4.79 Å². The van der Waals surface area contributed by atoms with Crippen molar-refractivity contribution in [1.29, 1.82) is 0 Å². The molecule has 1 aliphatic rings. The van der Waals surface area contributed by atoms with Gasteiger partial charge in [-0.15, -0.1) is 0 Å². The second kappa shape index (κ2) is 7.54. The van der Waals surface area contributed by atoms with Gasteiger partial charge in [0.05, 0.1) is 11.2 Å². The van der Waals surface area contributed by atoms with Crippen LogP contribution in [0, 0.1) is 0 Å². The highest BCUT2D eigenvalue weighted by Crippen LogP contribution is 2.38. The molecule has 156 valence electrons. The van der Waals surface area contributed by atoms with Gasteiger partial charge in [0.2, 0.25) is 0 Å². The molecule has 0 spiro atoms. The summed E-state index contributed by atoms with van der Waals surface area (Å²) in [5.74, 6) is 0. The quantitative estimate of drug-likeness (QED) is 0.732. The van der Waals surface area contributed by atoms with Gasteiger partial charge in [-0.05, 0) is 83.1 Å². The molecule has 29 heavy (non-hydrogen) atoms. The highest BCUT2D eigenvalue weighted by Gasteiger charge is 2.52. The molecule has 0 radical (unpaired) electrons. The second-order valence-electron chi connectivity index (χ2n) is 9.49. The number of ether oxygens (including phenoxy) is 1. The van der Waals surface area contributed by atoms with Crippen molar-refractivity contribution in [2.24, 2.45) is 0 Å². The molecule has 1 saturated heterocycles. The number of carbonyl (C=O) groups excluding carboxylic acids is 1. The monoisotopic (exact) mass is 398 g/mol. The van der Waals surface area contributed by atoms with Crippen LogP contribution in [0.4, 0.5) is 4.79 Å². The van der Waals surface area contributed by atoms with Gasteiger partial charge in [-0.3, -0.25) is 0 Å². The number of alkyl carbamates (subject to hydrolysis) is 1. The summed E-state index contributed by atoms with van der Waals surface area (Å²) in [6, 6.07) is 8.17. The Labute approximate surface area is 173 Å². The first-order valence-corrected chi connectivity index (χ1v) is 9.96. The standard InChI is InChI=1S/C22H31BN2O4/c1-20(2,3)27-19(26)25-14-17(23-28-21(4,5)22(6,7)29-23)13-15-8-9-18-16(12-15)10-11-24-18/h8-13,24H,14H2,1-7H3,(H,25,26). The van der Waals surface area contributed by atoms with Gasteiger partial charge in [-0.2, -0.15) is 0 Å². The number of amides is 1. The van der Waals surface area contributed by atoms with E-state index >= 15 is 0 Å². The zero-order chi connectivity index (χ0) is 21.4. The third-order valence-electron chi connectivity index (χ3n) is 5.32. The molecular weight excluding hydrogens is 367 g/mol. The van der Waals surface area contributed by atoms with Crippen LogP contribution in [0.25, 0.3) is 17.0 Å². The van der Waals surface area contributed by atoms with Crippen LogP contribution in [0.2, 0.25) is 0 Å². The Balaban J connectivity index is 1.86. The van der Waals surface area contributed by atoms with E-state index in [1.54, 1.807) is 0 Å². The first kappa shape index (κ1) is 21.5. The number of hydrogen-bond acceptors (Lipinski definition) is 4. The molecule has 6 nitrogen and oxygen atoms in total. The van der Waals surface area contributed by atoms with Gasteiger partial charge < -0.3 is 24.3 Å². The third-order valence-corrected chi connectivity index (χ3v) is 5.32. The molecule has 2 N–H and O–H groups in total. The van der Waals surface area contributed by atoms with Crippen LogP contribution in [-0.2, 0) is 14.0 Å². The smallest absolute Gasteiger partial charge is 0.444 e. The van der Waals surface area contributed by atoms with Crippen molar-refractivity contribution in [3.63, 3.8) is 0 Å². The normalized spacial score (nSPS) is 18.9. The Hall–Kier alpha value is -2.25. The SMILES string of the molecule is CC(C)(C)OC(=O)NCC(=Cc1ccc2[nH]ccc2c1)B1OC(C)(C)C(C)(C)O1. The molecule has 0 atom stereocenters. The Morgan fingerprint density at radius 2 is 1.83 bits per heavy atom. The van der Waals surface area contributed by atoms with E-state index in [1.807, 2.05) is 78.9 Å². The van der Waals surface area contributed by atoms with Gasteiger partial charge in [0.15, 0.2) is 0 Å². The molecule has 0 aliphatic carbocycles. The highest BCUT2D eigenvalue weighted by atomic mass is 16.7. The highest BCUT2D eigenvalue weighted by molar-refractivity contribution is 6.56. The van der Waals surface area contributed by atoms with Crippen molar-refractivity contribution in [3.8, 4) is 0 Å². The van der Waals surface area contributed by atoms with Crippen molar-refractivity contribution in [2.75, 3.05) is 6.54 Å². The number of H-pyrrole nitrogens is 1. The molecule has 1 aliphatic heterocycles. The second-order valence-corrected chi connectivity index (χ2v) is 9.49. The van der Waals surface area contributed by atoms with Crippen LogP contribution in [0.5, 0.6) is 0 Å². The summed E-state index contributed by atoms with van der Waals surface area (Å²) in [6.07, 6.45) is 3.45. The summed E-state index contributed by atoms with van der Waals surface area (Å²) < 4.78 is 17.8. The molecule has 0 bridgehead atoms. The zero-order valence-electron chi connectivity index (χ0n) is 18.4. The molecule has 3 rings (SSSR count). The number of carbonyl (C=O) groups is 1. The molecule has 7 heteroatoms. The molecule has 0 saturated carbocycles. The Kier molecular flexibility index (Phi) is 5.58. The Morgan fingerprint density at radius 1 is 1.17 bits per heavy atom. The van der Waals surface area contributed by atoms with Gasteiger partial charge in [0, 0.05) is 18.3 Å². The number of aromatic amines is 1. The molecular formula is C22H31BN2O4. The fourth-order valence-corrected chi connectivity index (χ4v) is 3.06. The van der Waals surface area contributed by atoms with Gasteiger partial charge in [-0.1, -0.05) is 12.1 Å². The molecule has 2 heterocycles. The van der Waals surface area contributed by atoms with Gasteiger partial charge in [0.1, 0.15) is 5.60 Å². The van der Waals surface area contributed by atoms with Crippen molar-refractivity contribution < 1.29 is 18.8 Å². The van der Waals surface area contributed by atoms with Crippen LogP contribution in [-0.4, -0.2) is 41.5 Å². The van der Waals surface area contributed by atoms with Crippen LogP contribution in [0.3, 0.4) is 0 Å². The molecule has 2 aromatic rings. The van der Waals surface area contributed by atoms with Gasteiger partial charge in [-0.25, -0.2) is 4.79 Å². The number of benzene rings is 1. The lowest BCUT2D eigenvalue weighted by molar-refractivity contribution is 0.00578. The number of rotatable bonds is 4. The summed E-state index contributed by atoms with van der Waals surface area (Å²) in [6.45, 7) is 13.8. The molecule has 1 aromatic carbocycles. The molecule has 1 aromatic heterocycles. The number of hydrogen-bond donors (Lipinski definition) is 2. The Bertz CT molecular complexity index is 908. The lowest BCUT2D eigenvalue weighted by atomic mass is 9.77. The summed E-state index contributed by atoms with van der Waals surface area (Å²) in [5.41, 5.74) is 1.42. The minimum absolute atomic E-state index is 0.261. The predicted octanol–water partition coefficient (Wildman–Crippen LogP) is 4.71. The summed E-state index contributed by atoms with van der Waals surface area (Å²) in [4.78, 5) is 15.4. The maximum absolute atomic E-state index is 12.2. The zero-order valence-corrected chi connectivity index (χ0v) is 18.4. The van der Waals surface area contributed by atoms with Crippen molar-refractivity contribution in [1.82, 2.24) is 10.3 Å². The van der Waals surface area contributed by atoms with E-state index in [2.05, 4.69) is 16.4 Å². The van der Waals surface area contributed by atoms with Crippen LogP contribution >= 0.6 is 0 Å². The first-order valence-electron chi connectivity index (χ1n) is 9.96. The summed E-state index contributed by atoms with van der Waals surface area (Å²) >= 11 is 0. The summed E-state index contributed by atoms with van der Waals surface area (Å²) in [5, 5.41) is 3.95. The lowest BCUT2D eigenvalue weighted by Crippen LogP contribution is -2.41. The predicted molar refractivity (Wildman–Crippen MR) is 117 cm³/mol. The van der Waals surface area contributed by atoms with Crippen LogP contribution < -0.4 is 5.32 Å². The number of fused-ring (bicyclic) bond motifs is 1. The largest absolute Gasteiger partial charge is 0.492 e. The van der Waals surface area contributed by atoms with Crippen molar-refractivity contribution in [2.45, 2.75) is 65.3 Å². The van der Waals surface area contributed by atoms with Crippen LogP contribution in [0.1, 0.15) is 54.0 Å². The van der Waals surface area contributed by atoms with Gasteiger partial charge >= 0.3 is 13.2 Å². The average molecular weight is 398 g/mol. The minimum Gasteiger partial charge on any atom is -0.444 e. The first-order chi connectivity index (χ1) is 13.4. The van der Waals surface area contributed by atoms with E-state index in [-0.39, 0.29) is 6.54 Å². The van der Waals surface area contributed by atoms with Crippen molar-refractivity contribution in [3.05, 3.63) is 41.5 Å². The molecule has 1 fully saturated rings. The maximum atomic E-state index is 12.2. The molecule has 0 unspecified atom stereocenters. The fraction of sp³-hybridized carbons (Fsp3) is 0.500. The van der Waals surface area contributed by atoms with E-state index < -0.39 is 30.0 Å². The van der Waals surface area contributed by atoms with Crippen LogP contribution in [0.15, 0.2) is 35.9 Å². The topological polar surface area (TPSA) is 72.6 Å². The lowest BCUT2D eigenvalue weighted by Gasteiger charge is -2.32. The maximum Gasteiger partial charge on any atom is 0.492 e. The van der Waals surface area contributed by atoms with E-state index in [1.165, 1.54) is 0 Å². The number of nitrogens with one attached hydrogen (secondary N) is 2.